The molecular weight excluding hydrogens is 487 g/mol. The molecule has 180 valence electrons. The topological polar surface area (TPSA) is 57.9 Å². The van der Waals surface area contributed by atoms with Crippen LogP contribution in [0.25, 0.3) is 22.1 Å². The van der Waals surface area contributed by atoms with Gasteiger partial charge in [-0.3, -0.25) is 4.79 Å². The second-order valence-corrected chi connectivity index (χ2v) is 9.24. The van der Waals surface area contributed by atoms with Crippen molar-refractivity contribution in [3.05, 3.63) is 85.7 Å². The molecule has 0 unspecified atom stereocenters. The van der Waals surface area contributed by atoms with Crippen LogP contribution >= 0.6 is 23.2 Å². The summed E-state index contributed by atoms with van der Waals surface area (Å²) in [5, 5.41) is 1.49. The molecule has 0 amide bonds. The molecule has 1 aliphatic heterocycles. The van der Waals surface area contributed by atoms with Crippen molar-refractivity contribution in [3.63, 3.8) is 0 Å². The van der Waals surface area contributed by atoms with Crippen LogP contribution in [0.15, 0.2) is 57.7 Å². The standard InChI is InChI=1S/C28H24Cl2O5/c1-3-18-12-20-25(14-24(18)34-15-17-5-7-21(29)22(30)11-17)35-16(2)27(28(20)31)19-6-8-23-26(13-19)33-10-4-9-32-23/h5-8,11-14H,3-4,9-10,15H2,1-2H3. The largest absolute Gasteiger partial charge is 0.490 e. The van der Waals surface area contributed by atoms with E-state index in [4.69, 9.17) is 41.8 Å². The van der Waals surface area contributed by atoms with Gasteiger partial charge in [-0.05, 0) is 60.4 Å². The van der Waals surface area contributed by atoms with Crippen LogP contribution in [0.1, 0.15) is 30.2 Å². The van der Waals surface area contributed by atoms with E-state index in [9.17, 15) is 4.79 Å². The first-order valence-corrected chi connectivity index (χ1v) is 12.3. The molecule has 7 heteroatoms. The van der Waals surface area contributed by atoms with E-state index in [0.29, 0.717) is 75.8 Å². The van der Waals surface area contributed by atoms with Crippen molar-refractivity contribution >= 4 is 34.2 Å². The first-order chi connectivity index (χ1) is 16.9. The first-order valence-electron chi connectivity index (χ1n) is 11.5. The summed E-state index contributed by atoms with van der Waals surface area (Å²) in [4.78, 5) is 13.6. The van der Waals surface area contributed by atoms with Crippen molar-refractivity contribution < 1.29 is 18.6 Å². The predicted octanol–water partition coefficient (Wildman–Crippen LogP) is 7.38. The van der Waals surface area contributed by atoms with Gasteiger partial charge in [-0.15, -0.1) is 0 Å². The van der Waals surface area contributed by atoms with Crippen LogP contribution in [0.4, 0.5) is 0 Å². The highest BCUT2D eigenvalue weighted by Gasteiger charge is 2.19. The quantitative estimate of drug-likeness (QED) is 0.280. The number of hydrogen-bond donors (Lipinski definition) is 0. The maximum Gasteiger partial charge on any atom is 0.200 e. The van der Waals surface area contributed by atoms with Crippen LogP contribution in [0.5, 0.6) is 17.2 Å². The third kappa shape index (κ3) is 4.71. The maximum atomic E-state index is 13.6. The van der Waals surface area contributed by atoms with Crippen LogP contribution in [-0.4, -0.2) is 13.2 Å². The third-order valence-electron chi connectivity index (χ3n) is 6.04. The van der Waals surface area contributed by atoms with Gasteiger partial charge < -0.3 is 18.6 Å². The van der Waals surface area contributed by atoms with Crippen molar-refractivity contribution in [2.45, 2.75) is 33.3 Å². The SMILES string of the molecule is CCc1cc2c(=O)c(-c3ccc4c(c3)OCCCO4)c(C)oc2cc1OCc1ccc(Cl)c(Cl)c1. The lowest BCUT2D eigenvalue weighted by molar-refractivity contribution is 0.297. The van der Waals surface area contributed by atoms with Gasteiger partial charge in [0.05, 0.1) is 34.2 Å². The van der Waals surface area contributed by atoms with E-state index in [1.807, 2.05) is 37.3 Å². The van der Waals surface area contributed by atoms with Crippen molar-refractivity contribution in [2.24, 2.45) is 0 Å². The van der Waals surface area contributed by atoms with Gasteiger partial charge in [-0.25, -0.2) is 0 Å². The van der Waals surface area contributed by atoms with Crippen molar-refractivity contribution in [1.82, 2.24) is 0 Å². The van der Waals surface area contributed by atoms with Crippen LogP contribution < -0.4 is 19.6 Å². The Morgan fingerprint density at radius 3 is 2.51 bits per heavy atom. The fraction of sp³-hybridized carbons (Fsp3) is 0.250. The average molecular weight is 511 g/mol. The molecule has 0 radical (unpaired) electrons. The monoisotopic (exact) mass is 510 g/mol. The van der Waals surface area contributed by atoms with E-state index in [-0.39, 0.29) is 5.43 Å². The number of benzene rings is 3. The Morgan fingerprint density at radius 1 is 0.943 bits per heavy atom. The molecule has 0 spiro atoms. The van der Waals surface area contributed by atoms with E-state index in [2.05, 4.69) is 0 Å². The van der Waals surface area contributed by atoms with E-state index in [0.717, 1.165) is 23.1 Å². The molecule has 1 aromatic heterocycles. The predicted molar refractivity (Wildman–Crippen MR) is 138 cm³/mol. The molecule has 5 rings (SSSR count). The summed E-state index contributed by atoms with van der Waals surface area (Å²) in [6.07, 6.45) is 1.51. The summed E-state index contributed by atoms with van der Waals surface area (Å²) in [6, 6.07) is 14.6. The average Bonchev–Trinajstić information content (AvgIpc) is 3.09. The third-order valence-corrected chi connectivity index (χ3v) is 6.78. The zero-order chi connectivity index (χ0) is 24.5. The molecule has 1 aliphatic rings. The minimum Gasteiger partial charge on any atom is -0.490 e. The number of fused-ring (bicyclic) bond motifs is 2. The molecule has 0 fully saturated rings. The summed E-state index contributed by atoms with van der Waals surface area (Å²) in [7, 11) is 0. The molecule has 0 aliphatic carbocycles. The zero-order valence-electron chi connectivity index (χ0n) is 19.5. The van der Waals surface area contributed by atoms with Crippen LogP contribution in [0.3, 0.4) is 0 Å². The molecular formula is C28H24Cl2O5. The summed E-state index contributed by atoms with van der Waals surface area (Å²) in [5.41, 5.74) is 3.44. The molecule has 0 bridgehead atoms. The van der Waals surface area contributed by atoms with E-state index in [1.165, 1.54) is 0 Å². The van der Waals surface area contributed by atoms with E-state index in [1.54, 1.807) is 25.1 Å². The number of aryl methyl sites for hydroxylation is 2. The lowest BCUT2D eigenvalue weighted by atomic mass is 10.0. The normalized spacial score (nSPS) is 13.0. The Morgan fingerprint density at radius 2 is 1.74 bits per heavy atom. The van der Waals surface area contributed by atoms with E-state index < -0.39 is 0 Å². The molecule has 35 heavy (non-hydrogen) atoms. The molecule has 0 saturated heterocycles. The number of halogens is 2. The molecule has 4 aromatic rings. The van der Waals surface area contributed by atoms with Crippen LogP contribution in [0.2, 0.25) is 10.0 Å². The fourth-order valence-corrected chi connectivity index (χ4v) is 4.55. The first kappa shape index (κ1) is 23.6. The second kappa shape index (κ2) is 9.84. The Bertz CT molecular complexity index is 1470. The molecule has 0 saturated carbocycles. The molecule has 5 nitrogen and oxygen atoms in total. The van der Waals surface area contributed by atoms with Crippen molar-refractivity contribution in [2.75, 3.05) is 13.2 Å². The zero-order valence-corrected chi connectivity index (χ0v) is 21.0. The van der Waals surface area contributed by atoms with Crippen molar-refractivity contribution in [3.8, 4) is 28.4 Å². The van der Waals surface area contributed by atoms with Crippen LogP contribution in [0, 0.1) is 6.92 Å². The Hall–Kier alpha value is -3.15. The Kier molecular flexibility index (Phi) is 6.63. The molecule has 0 N–H and O–H groups in total. The van der Waals surface area contributed by atoms with Gasteiger partial charge in [0.2, 0.25) is 5.43 Å². The summed E-state index contributed by atoms with van der Waals surface area (Å²) >= 11 is 12.1. The molecule has 0 atom stereocenters. The highest BCUT2D eigenvalue weighted by molar-refractivity contribution is 6.42. The molecule has 3 aromatic carbocycles. The maximum absolute atomic E-state index is 13.6. The molecule has 2 heterocycles. The Labute approximate surface area is 213 Å². The van der Waals surface area contributed by atoms with Gasteiger partial charge in [0, 0.05) is 12.5 Å². The van der Waals surface area contributed by atoms with Gasteiger partial charge in [-0.1, -0.05) is 42.3 Å². The number of hydrogen-bond acceptors (Lipinski definition) is 5. The van der Waals surface area contributed by atoms with Crippen LogP contribution in [-0.2, 0) is 13.0 Å². The van der Waals surface area contributed by atoms with Gasteiger partial charge >= 0.3 is 0 Å². The van der Waals surface area contributed by atoms with Gasteiger partial charge in [0.15, 0.2) is 11.5 Å². The Balaban J connectivity index is 1.53. The minimum atomic E-state index is -0.0935. The highest BCUT2D eigenvalue weighted by atomic mass is 35.5. The van der Waals surface area contributed by atoms with Crippen molar-refractivity contribution in [1.29, 1.82) is 0 Å². The lowest BCUT2D eigenvalue weighted by Crippen LogP contribution is -2.09. The van der Waals surface area contributed by atoms with Gasteiger partial charge in [0.1, 0.15) is 23.7 Å². The lowest BCUT2D eigenvalue weighted by Gasteiger charge is -2.14. The minimum absolute atomic E-state index is 0.0935. The summed E-state index contributed by atoms with van der Waals surface area (Å²) in [6.45, 7) is 5.32. The van der Waals surface area contributed by atoms with Gasteiger partial charge in [0.25, 0.3) is 0 Å². The smallest absolute Gasteiger partial charge is 0.200 e. The number of rotatable bonds is 5. The summed E-state index contributed by atoms with van der Waals surface area (Å²) in [5.74, 6) is 2.51. The highest BCUT2D eigenvalue weighted by Crippen LogP contribution is 2.36. The van der Waals surface area contributed by atoms with Gasteiger partial charge in [-0.2, -0.15) is 0 Å². The van der Waals surface area contributed by atoms with E-state index >= 15 is 0 Å². The fourth-order valence-electron chi connectivity index (χ4n) is 4.23. The second-order valence-electron chi connectivity index (χ2n) is 8.42. The summed E-state index contributed by atoms with van der Waals surface area (Å²) < 4.78 is 23.8. The number of ether oxygens (including phenoxy) is 3.